The maximum atomic E-state index is 13.3. The molecule has 0 saturated carbocycles. The third-order valence-corrected chi connectivity index (χ3v) is 3.90. The van der Waals surface area contributed by atoms with Crippen molar-refractivity contribution in [2.24, 2.45) is 0 Å². The molecule has 3 aromatic rings. The van der Waals surface area contributed by atoms with Crippen molar-refractivity contribution in [1.29, 1.82) is 0 Å². The Bertz CT molecular complexity index is 980. The summed E-state index contributed by atoms with van der Waals surface area (Å²) in [4.78, 5) is 20.2. The Morgan fingerprint density at radius 3 is 2.41 bits per heavy atom. The molecule has 0 bridgehead atoms. The van der Waals surface area contributed by atoms with Gasteiger partial charge in [0, 0.05) is 23.1 Å². The minimum atomic E-state index is -0.495. The van der Waals surface area contributed by atoms with E-state index in [0.717, 1.165) is 11.4 Å². The number of benzene rings is 2. The van der Waals surface area contributed by atoms with Crippen LogP contribution in [0.25, 0.3) is 0 Å². The van der Waals surface area contributed by atoms with Gasteiger partial charge in [0.05, 0.1) is 17.7 Å². The van der Waals surface area contributed by atoms with Crippen molar-refractivity contribution in [1.82, 2.24) is 9.97 Å². The lowest BCUT2D eigenvalue weighted by atomic mass is 10.2. The molecule has 0 aliphatic carbocycles. The number of carbonyl (C=O) groups is 1. The number of anilines is 4. The standard InChI is InChI=1S/C19H16ClFN4O2/c1-11-9-17(23-13-5-3-12(4-6-13)18(26)27-2)25-19(22-11)24-14-7-8-16(21)15(20)10-14/h3-10H,1-2H3,(H2,22,23,24,25). The number of nitrogens with zero attached hydrogens (tertiary/aromatic N) is 2. The van der Waals surface area contributed by atoms with Crippen molar-refractivity contribution in [3.63, 3.8) is 0 Å². The van der Waals surface area contributed by atoms with Crippen LogP contribution in [0.1, 0.15) is 16.1 Å². The second-order valence-electron chi connectivity index (χ2n) is 5.67. The fraction of sp³-hybridized carbons (Fsp3) is 0.105. The number of aryl methyl sites for hydroxylation is 1. The molecule has 0 radical (unpaired) electrons. The van der Waals surface area contributed by atoms with E-state index < -0.39 is 11.8 Å². The first-order chi connectivity index (χ1) is 12.9. The molecule has 1 aromatic heterocycles. The second-order valence-corrected chi connectivity index (χ2v) is 6.07. The highest BCUT2D eigenvalue weighted by molar-refractivity contribution is 6.31. The number of nitrogens with one attached hydrogen (secondary N) is 2. The van der Waals surface area contributed by atoms with Gasteiger partial charge in [-0.25, -0.2) is 14.2 Å². The molecule has 2 N–H and O–H groups in total. The fourth-order valence-electron chi connectivity index (χ4n) is 2.35. The quantitative estimate of drug-likeness (QED) is 0.610. The molecule has 1 heterocycles. The predicted molar refractivity (Wildman–Crippen MR) is 103 cm³/mol. The predicted octanol–water partition coefficient (Wildman–Crippen LogP) is 4.85. The van der Waals surface area contributed by atoms with Crippen LogP contribution in [0.15, 0.2) is 48.5 Å². The van der Waals surface area contributed by atoms with Crippen LogP contribution >= 0.6 is 11.6 Å². The summed E-state index contributed by atoms with van der Waals surface area (Å²) in [6, 6.07) is 12.9. The molecule has 6 nitrogen and oxygen atoms in total. The van der Waals surface area contributed by atoms with Crippen LogP contribution in [0.4, 0.5) is 27.5 Å². The zero-order chi connectivity index (χ0) is 19.4. The van der Waals surface area contributed by atoms with Gasteiger partial charge in [-0.3, -0.25) is 0 Å². The Morgan fingerprint density at radius 2 is 1.74 bits per heavy atom. The van der Waals surface area contributed by atoms with Crippen molar-refractivity contribution in [2.45, 2.75) is 6.92 Å². The van der Waals surface area contributed by atoms with E-state index >= 15 is 0 Å². The average Bonchev–Trinajstić information content (AvgIpc) is 2.64. The number of methoxy groups -OCH3 is 1. The Morgan fingerprint density at radius 1 is 1.04 bits per heavy atom. The molecule has 2 aromatic carbocycles. The molecule has 0 unspecified atom stereocenters. The lowest BCUT2D eigenvalue weighted by Gasteiger charge is -2.10. The summed E-state index contributed by atoms with van der Waals surface area (Å²) < 4.78 is 18.0. The van der Waals surface area contributed by atoms with E-state index in [0.29, 0.717) is 23.0 Å². The lowest BCUT2D eigenvalue weighted by molar-refractivity contribution is 0.0601. The Balaban J connectivity index is 1.78. The zero-order valence-corrected chi connectivity index (χ0v) is 15.3. The smallest absolute Gasteiger partial charge is 0.337 e. The van der Waals surface area contributed by atoms with Crippen LogP contribution in [0.5, 0.6) is 0 Å². The summed E-state index contributed by atoms with van der Waals surface area (Å²) in [7, 11) is 1.33. The van der Waals surface area contributed by atoms with Gasteiger partial charge >= 0.3 is 5.97 Å². The number of hydrogen-bond donors (Lipinski definition) is 2. The number of ether oxygens (including phenoxy) is 1. The largest absolute Gasteiger partial charge is 0.465 e. The molecule has 0 spiro atoms. The first-order valence-electron chi connectivity index (χ1n) is 7.98. The van der Waals surface area contributed by atoms with E-state index in [4.69, 9.17) is 11.6 Å². The van der Waals surface area contributed by atoms with E-state index in [2.05, 4.69) is 25.3 Å². The van der Waals surface area contributed by atoms with Gasteiger partial charge in [0.2, 0.25) is 5.95 Å². The first-order valence-corrected chi connectivity index (χ1v) is 8.35. The van der Waals surface area contributed by atoms with Gasteiger partial charge in [-0.1, -0.05) is 11.6 Å². The van der Waals surface area contributed by atoms with E-state index in [1.807, 2.05) is 6.92 Å². The number of aromatic nitrogens is 2. The minimum Gasteiger partial charge on any atom is -0.465 e. The van der Waals surface area contributed by atoms with Crippen molar-refractivity contribution in [3.8, 4) is 0 Å². The molecule has 0 saturated heterocycles. The summed E-state index contributed by atoms with van der Waals surface area (Å²) in [5.41, 5.74) is 2.50. The monoisotopic (exact) mass is 386 g/mol. The van der Waals surface area contributed by atoms with Crippen molar-refractivity contribution >= 4 is 40.7 Å². The van der Waals surface area contributed by atoms with Crippen LogP contribution in [-0.4, -0.2) is 23.0 Å². The molecule has 27 heavy (non-hydrogen) atoms. The summed E-state index contributed by atoms with van der Waals surface area (Å²) >= 11 is 5.79. The van der Waals surface area contributed by atoms with Crippen LogP contribution in [0.2, 0.25) is 5.02 Å². The van der Waals surface area contributed by atoms with Crippen molar-refractivity contribution < 1.29 is 13.9 Å². The zero-order valence-electron chi connectivity index (χ0n) is 14.6. The molecule has 138 valence electrons. The molecule has 0 atom stereocenters. The molecular weight excluding hydrogens is 371 g/mol. The SMILES string of the molecule is COC(=O)c1ccc(Nc2cc(C)nc(Nc3ccc(F)c(Cl)c3)n2)cc1. The molecule has 3 rings (SSSR count). The van der Waals surface area contributed by atoms with Gasteiger partial charge in [0.1, 0.15) is 11.6 Å². The van der Waals surface area contributed by atoms with Crippen molar-refractivity contribution in [3.05, 3.63) is 70.6 Å². The highest BCUT2D eigenvalue weighted by atomic mass is 35.5. The minimum absolute atomic E-state index is 0.0108. The third kappa shape index (κ3) is 4.71. The molecule has 0 aliphatic heterocycles. The number of carbonyl (C=O) groups excluding carboxylic acids is 1. The topological polar surface area (TPSA) is 76.1 Å². The molecular formula is C19H16ClFN4O2. The second kappa shape index (κ2) is 8.01. The molecule has 0 amide bonds. The van der Waals surface area contributed by atoms with E-state index in [1.165, 1.54) is 19.2 Å². The van der Waals surface area contributed by atoms with Crippen LogP contribution in [-0.2, 0) is 4.74 Å². The van der Waals surface area contributed by atoms with Crippen LogP contribution in [0.3, 0.4) is 0 Å². The van der Waals surface area contributed by atoms with E-state index in [9.17, 15) is 9.18 Å². The molecule has 0 aliphatic rings. The summed E-state index contributed by atoms with van der Waals surface area (Å²) in [6.07, 6.45) is 0. The first kappa shape index (κ1) is 18.6. The van der Waals surface area contributed by atoms with Gasteiger partial charge < -0.3 is 15.4 Å². The third-order valence-electron chi connectivity index (χ3n) is 3.61. The lowest BCUT2D eigenvalue weighted by Crippen LogP contribution is -2.03. The van der Waals surface area contributed by atoms with Gasteiger partial charge in [0.25, 0.3) is 0 Å². The van der Waals surface area contributed by atoms with Gasteiger partial charge in [-0.2, -0.15) is 4.98 Å². The maximum Gasteiger partial charge on any atom is 0.337 e. The average molecular weight is 387 g/mol. The van der Waals surface area contributed by atoms with E-state index in [-0.39, 0.29) is 5.02 Å². The maximum absolute atomic E-state index is 13.3. The van der Waals surface area contributed by atoms with Crippen molar-refractivity contribution in [2.75, 3.05) is 17.7 Å². The number of rotatable bonds is 5. The molecule has 0 fully saturated rings. The highest BCUT2D eigenvalue weighted by Gasteiger charge is 2.07. The normalized spacial score (nSPS) is 10.4. The summed E-state index contributed by atoms with van der Waals surface area (Å²) in [5.74, 6) is 0.00407. The highest BCUT2D eigenvalue weighted by Crippen LogP contribution is 2.23. The van der Waals surface area contributed by atoms with Gasteiger partial charge in [-0.05, 0) is 49.4 Å². The Hall–Kier alpha value is -3.19. The number of esters is 1. The van der Waals surface area contributed by atoms with Gasteiger partial charge in [-0.15, -0.1) is 0 Å². The van der Waals surface area contributed by atoms with E-state index in [1.54, 1.807) is 36.4 Å². The Kier molecular flexibility index (Phi) is 5.52. The number of halogens is 2. The Labute approximate surface area is 160 Å². The number of hydrogen-bond acceptors (Lipinski definition) is 6. The summed E-state index contributed by atoms with van der Waals surface area (Å²) in [6.45, 7) is 1.83. The fourth-order valence-corrected chi connectivity index (χ4v) is 2.53. The van der Waals surface area contributed by atoms with Gasteiger partial charge in [0.15, 0.2) is 0 Å². The molecule has 8 heteroatoms. The van der Waals surface area contributed by atoms with Crippen LogP contribution in [0, 0.1) is 12.7 Å². The van der Waals surface area contributed by atoms with Crippen LogP contribution < -0.4 is 10.6 Å². The summed E-state index contributed by atoms with van der Waals surface area (Å²) in [5, 5.41) is 6.15.